The van der Waals surface area contributed by atoms with E-state index in [1.807, 2.05) is 18.5 Å². The molecule has 1 aromatic rings. The molecule has 4 heteroatoms. The number of nitrogens with one attached hydrogen (secondary N) is 1. The Morgan fingerprint density at radius 2 is 1.85 bits per heavy atom. The molecule has 3 aliphatic heterocycles. The van der Waals surface area contributed by atoms with Crippen LogP contribution < -0.4 is 0 Å². The van der Waals surface area contributed by atoms with E-state index in [0.29, 0.717) is 11.8 Å². The van der Waals surface area contributed by atoms with Crippen LogP contribution >= 0.6 is 0 Å². The summed E-state index contributed by atoms with van der Waals surface area (Å²) in [6.07, 6.45) is 17.8. The first-order valence-corrected chi connectivity index (χ1v) is 11.5. The third-order valence-corrected chi connectivity index (χ3v) is 8.05. The number of carbonyl (C=O) groups excluding carboxylic acids is 1. The van der Waals surface area contributed by atoms with Gasteiger partial charge in [-0.15, -0.1) is 0 Å². The number of amides is 1. The van der Waals surface area contributed by atoms with Gasteiger partial charge in [-0.05, 0) is 56.0 Å². The van der Waals surface area contributed by atoms with Gasteiger partial charge in [-0.2, -0.15) is 0 Å². The molecule has 148 valence electrons. The lowest BCUT2D eigenvalue weighted by Crippen LogP contribution is -2.64. The fourth-order valence-electron chi connectivity index (χ4n) is 6.80. The van der Waals surface area contributed by atoms with Crippen LogP contribution in [-0.4, -0.2) is 52.4 Å². The molecule has 1 aromatic heterocycles. The van der Waals surface area contributed by atoms with Gasteiger partial charge >= 0.3 is 0 Å². The molecule has 1 aliphatic carbocycles. The van der Waals surface area contributed by atoms with Crippen molar-refractivity contribution in [1.29, 1.82) is 0 Å². The van der Waals surface area contributed by atoms with Gasteiger partial charge in [0, 0.05) is 37.6 Å². The van der Waals surface area contributed by atoms with Crippen molar-refractivity contribution in [1.82, 2.24) is 14.8 Å². The second kappa shape index (κ2) is 7.62. The minimum absolute atomic E-state index is 0.242. The van der Waals surface area contributed by atoms with Crippen LogP contribution in [-0.2, 0) is 0 Å². The Labute approximate surface area is 163 Å². The fraction of sp³-hybridized carbons (Fsp3) is 0.783. The average Bonchev–Trinajstić information content (AvgIpc) is 3.26. The van der Waals surface area contributed by atoms with Gasteiger partial charge in [0.1, 0.15) is 0 Å². The number of aromatic nitrogens is 1. The zero-order valence-electron chi connectivity index (χ0n) is 16.6. The summed E-state index contributed by atoms with van der Waals surface area (Å²) >= 11 is 0. The number of piperidine rings is 3. The van der Waals surface area contributed by atoms with E-state index in [1.54, 1.807) is 0 Å². The van der Waals surface area contributed by atoms with Crippen LogP contribution in [0.3, 0.4) is 0 Å². The number of nitrogens with zero attached hydrogens (tertiary/aromatic N) is 2. The minimum atomic E-state index is 0.242. The number of aromatic amines is 1. The van der Waals surface area contributed by atoms with Crippen molar-refractivity contribution < 1.29 is 4.79 Å². The first-order chi connectivity index (χ1) is 13.3. The van der Waals surface area contributed by atoms with Crippen molar-refractivity contribution >= 4 is 5.91 Å². The molecule has 1 N–H and O–H groups in total. The molecule has 1 saturated carbocycles. The summed E-state index contributed by atoms with van der Waals surface area (Å²) in [6, 6.07) is 3.38. The van der Waals surface area contributed by atoms with E-state index in [9.17, 15) is 4.79 Å². The van der Waals surface area contributed by atoms with Crippen molar-refractivity contribution in [3.8, 4) is 0 Å². The summed E-state index contributed by atoms with van der Waals surface area (Å²) < 4.78 is 0. The first-order valence-electron chi connectivity index (χ1n) is 11.5. The van der Waals surface area contributed by atoms with Crippen LogP contribution in [0.2, 0.25) is 0 Å². The largest absolute Gasteiger partial charge is 0.367 e. The lowest BCUT2D eigenvalue weighted by atomic mass is 9.69. The summed E-state index contributed by atoms with van der Waals surface area (Å²) in [5.41, 5.74) is 0.833. The van der Waals surface area contributed by atoms with E-state index in [2.05, 4.69) is 14.8 Å². The van der Waals surface area contributed by atoms with Crippen molar-refractivity contribution in [3.05, 3.63) is 24.0 Å². The smallest absolute Gasteiger partial charge is 0.255 e. The second-order valence-electron chi connectivity index (χ2n) is 9.67. The average molecular weight is 370 g/mol. The molecule has 4 fully saturated rings. The number of hydrogen-bond donors (Lipinski definition) is 1. The number of fused-ring (bicyclic) bond motifs is 4. The molecule has 1 amide bonds. The van der Waals surface area contributed by atoms with E-state index < -0.39 is 0 Å². The molecule has 0 spiro atoms. The zero-order valence-corrected chi connectivity index (χ0v) is 16.6. The molecule has 4 heterocycles. The van der Waals surface area contributed by atoms with E-state index in [-0.39, 0.29) is 5.91 Å². The monoisotopic (exact) mass is 369 g/mol. The molecule has 4 nitrogen and oxygen atoms in total. The summed E-state index contributed by atoms with van der Waals surface area (Å²) in [7, 11) is 0. The number of carbonyl (C=O) groups is 1. The molecule has 4 aliphatic rings. The van der Waals surface area contributed by atoms with Crippen LogP contribution in [0.4, 0.5) is 0 Å². The van der Waals surface area contributed by atoms with Crippen LogP contribution in [0.25, 0.3) is 0 Å². The van der Waals surface area contributed by atoms with Gasteiger partial charge in [-0.3, -0.25) is 9.69 Å². The maximum atomic E-state index is 13.0. The van der Waals surface area contributed by atoms with Crippen molar-refractivity contribution in [2.75, 3.05) is 19.6 Å². The van der Waals surface area contributed by atoms with E-state index in [1.165, 1.54) is 70.8 Å². The van der Waals surface area contributed by atoms with E-state index in [4.69, 9.17) is 0 Å². The van der Waals surface area contributed by atoms with Crippen molar-refractivity contribution in [3.63, 3.8) is 0 Å². The Morgan fingerprint density at radius 3 is 2.67 bits per heavy atom. The minimum Gasteiger partial charge on any atom is -0.367 e. The third-order valence-electron chi connectivity index (χ3n) is 8.05. The van der Waals surface area contributed by atoms with Gasteiger partial charge in [-0.25, -0.2) is 0 Å². The Bertz CT molecular complexity index is 636. The predicted octanol–water partition coefficient (Wildman–Crippen LogP) is 4.30. The number of H-pyrrole nitrogens is 1. The van der Waals surface area contributed by atoms with Crippen molar-refractivity contribution in [2.24, 2.45) is 17.8 Å². The molecular weight excluding hydrogens is 334 g/mol. The predicted molar refractivity (Wildman–Crippen MR) is 108 cm³/mol. The molecule has 0 aromatic carbocycles. The van der Waals surface area contributed by atoms with E-state index >= 15 is 0 Å². The Balaban J connectivity index is 1.36. The molecular formula is C23H35N3O. The lowest BCUT2D eigenvalue weighted by Gasteiger charge is -2.57. The second-order valence-corrected chi connectivity index (χ2v) is 9.67. The van der Waals surface area contributed by atoms with Gasteiger partial charge in [0.15, 0.2) is 0 Å². The van der Waals surface area contributed by atoms with Gasteiger partial charge in [0.25, 0.3) is 5.91 Å². The lowest BCUT2D eigenvalue weighted by molar-refractivity contribution is -0.0725. The van der Waals surface area contributed by atoms with Crippen LogP contribution in [0.15, 0.2) is 18.5 Å². The molecule has 0 unspecified atom stereocenters. The topological polar surface area (TPSA) is 39.3 Å². The summed E-state index contributed by atoms with van der Waals surface area (Å²) in [5, 5.41) is 0. The van der Waals surface area contributed by atoms with Crippen LogP contribution in [0, 0.1) is 17.8 Å². The maximum absolute atomic E-state index is 13.0. The highest BCUT2D eigenvalue weighted by atomic mass is 16.2. The fourth-order valence-corrected chi connectivity index (χ4v) is 6.80. The summed E-state index contributed by atoms with van der Waals surface area (Å²) in [5.74, 6) is 2.54. The number of likely N-dealkylation sites (tertiary alicyclic amines) is 1. The van der Waals surface area contributed by atoms with Crippen LogP contribution in [0.5, 0.6) is 0 Å². The zero-order chi connectivity index (χ0) is 18.2. The standard InChI is InChI=1S/C23H35N3O/c27-23(18-9-10-24-14-18)25-15-19-13-20(16-25)22(12-17-6-2-1-3-7-17)26-11-5-4-8-21(19)26/h9-10,14,17,19-22,24H,1-8,11-13,15-16H2/t19-,20+,21+,22+/m1/s1. The van der Waals surface area contributed by atoms with Gasteiger partial charge < -0.3 is 9.88 Å². The van der Waals surface area contributed by atoms with E-state index in [0.717, 1.165) is 36.7 Å². The highest BCUT2D eigenvalue weighted by molar-refractivity contribution is 5.94. The third kappa shape index (κ3) is 3.46. The Morgan fingerprint density at radius 1 is 1.04 bits per heavy atom. The Hall–Kier alpha value is -1.29. The number of rotatable bonds is 3. The SMILES string of the molecule is O=C(c1cc[nH]c1)N1C[C@H]2C[C@@H](C1)[C@H](CC1CCCCC1)N1CCCC[C@@H]21. The molecule has 4 atom stereocenters. The van der Waals surface area contributed by atoms with Gasteiger partial charge in [0.05, 0.1) is 5.56 Å². The van der Waals surface area contributed by atoms with Crippen LogP contribution in [0.1, 0.15) is 74.6 Å². The highest BCUT2D eigenvalue weighted by Gasteiger charge is 2.48. The normalized spacial score (nSPS) is 35.0. The maximum Gasteiger partial charge on any atom is 0.255 e. The molecule has 27 heavy (non-hydrogen) atoms. The van der Waals surface area contributed by atoms with Crippen molar-refractivity contribution in [2.45, 2.75) is 76.3 Å². The molecule has 0 radical (unpaired) electrons. The highest BCUT2D eigenvalue weighted by Crippen LogP contribution is 2.44. The molecule has 5 rings (SSSR count). The van der Waals surface area contributed by atoms with Gasteiger partial charge in [-0.1, -0.05) is 38.5 Å². The summed E-state index contributed by atoms with van der Waals surface area (Å²) in [6.45, 7) is 3.25. The Kier molecular flexibility index (Phi) is 5.02. The molecule has 3 saturated heterocycles. The quantitative estimate of drug-likeness (QED) is 0.863. The van der Waals surface area contributed by atoms with Gasteiger partial charge in [0.2, 0.25) is 0 Å². The number of hydrogen-bond acceptors (Lipinski definition) is 2. The molecule has 2 bridgehead atoms. The summed E-state index contributed by atoms with van der Waals surface area (Å²) in [4.78, 5) is 21.2. The first kappa shape index (κ1) is 17.8.